The maximum absolute atomic E-state index is 6.18. The second-order valence-corrected chi connectivity index (χ2v) is 10.7. The lowest BCUT2D eigenvalue weighted by Gasteiger charge is -2.34. The van der Waals surface area contributed by atoms with Crippen LogP contribution in [0.15, 0.2) is 176 Å². The predicted octanol–water partition coefficient (Wildman–Crippen LogP) is 9.48. The molecule has 7 rings (SSSR count). The molecule has 42 heavy (non-hydrogen) atoms. The van der Waals surface area contributed by atoms with Crippen LogP contribution in [-0.2, 0) is 5.41 Å². The molecule has 1 heteroatoms. The number of allylic oxidation sites excluding steroid dienone is 2. The summed E-state index contributed by atoms with van der Waals surface area (Å²) in [7, 11) is 0. The monoisotopic (exact) mass is 537 g/mol. The number of nitrogens with two attached hydrogens (primary N) is 1. The molecule has 0 atom stereocenters. The lowest BCUT2D eigenvalue weighted by Crippen LogP contribution is -2.28. The molecule has 0 aliphatic heterocycles. The fraction of sp³-hybridized carbons (Fsp3) is 0.0244. The first-order valence-electron chi connectivity index (χ1n) is 14.4. The van der Waals surface area contributed by atoms with E-state index in [1.54, 1.807) is 6.20 Å². The van der Waals surface area contributed by atoms with E-state index in [4.69, 9.17) is 5.73 Å². The maximum atomic E-state index is 6.18. The molecule has 200 valence electrons. The molecule has 0 aromatic heterocycles. The molecule has 6 aromatic carbocycles. The van der Waals surface area contributed by atoms with Crippen molar-refractivity contribution in [1.29, 1.82) is 0 Å². The molecule has 0 amide bonds. The van der Waals surface area contributed by atoms with Crippen LogP contribution in [0.4, 0.5) is 0 Å². The zero-order valence-corrected chi connectivity index (χ0v) is 23.3. The highest BCUT2D eigenvalue weighted by Gasteiger charge is 2.45. The van der Waals surface area contributed by atoms with Gasteiger partial charge < -0.3 is 5.73 Å². The Morgan fingerprint density at radius 3 is 1.40 bits per heavy atom. The molecule has 0 fully saturated rings. The van der Waals surface area contributed by atoms with E-state index < -0.39 is 5.41 Å². The van der Waals surface area contributed by atoms with Gasteiger partial charge in [-0.05, 0) is 67.3 Å². The Kier molecular flexibility index (Phi) is 6.62. The molecule has 0 unspecified atom stereocenters. The average Bonchev–Trinajstić information content (AvgIpc) is 3.38. The topological polar surface area (TPSA) is 26.0 Å². The predicted molar refractivity (Wildman–Crippen MR) is 176 cm³/mol. The second kappa shape index (κ2) is 10.9. The number of rotatable bonds is 6. The van der Waals surface area contributed by atoms with Crippen LogP contribution in [0, 0.1) is 0 Å². The van der Waals surface area contributed by atoms with E-state index in [1.165, 1.54) is 33.4 Å². The van der Waals surface area contributed by atoms with Crippen LogP contribution < -0.4 is 5.73 Å². The van der Waals surface area contributed by atoms with Crippen LogP contribution in [0.3, 0.4) is 0 Å². The SMILES string of the molecule is N/C=C(\C=C(/c1ccccc1)c1ccc(C2(c3ccccc3)c3ccccc3-c3ccccc32)cc1)c1ccccc1. The van der Waals surface area contributed by atoms with E-state index in [-0.39, 0.29) is 0 Å². The van der Waals surface area contributed by atoms with E-state index >= 15 is 0 Å². The van der Waals surface area contributed by atoms with Crippen molar-refractivity contribution in [2.24, 2.45) is 5.73 Å². The van der Waals surface area contributed by atoms with Crippen molar-refractivity contribution in [3.8, 4) is 11.1 Å². The van der Waals surface area contributed by atoms with E-state index in [1.807, 2.05) is 18.2 Å². The number of benzene rings is 6. The van der Waals surface area contributed by atoms with Gasteiger partial charge in [-0.1, -0.05) is 164 Å². The first-order valence-corrected chi connectivity index (χ1v) is 14.4. The lowest BCUT2D eigenvalue weighted by atomic mass is 9.67. The molecule has 0 saturated heterocycles. The van der Waals surface area contributed by atoms with Gasteiger partial charge in [-0.3, -0.25) is 0 Å². The normalized spacial score (nSPS) is 13.8. The minimum absolute atomic E-state index is 0.407. The summed E-state index contributed by atoms with van der Waals surface area (Å²) in [6, 6.07) is 58.7. The van der Waals surface area contributed by atoms with Crippen molar-refractivity contribution in [3.05, 3.63) is 215 Å². The van der Waals surface area contributed by atoms with Crippen LogP contribution in [0.25, 0.3) is 22.3 Å². The number of fused-ring (bicyclic) bond motifs is 3. The van der Waals surface area contributed by atoms with Crippen LogP contribution in [0.1, 0.15) is 38.9 Å². The first kappa shape index (κ1) is 25.6. The Morgan fingerprint density at radius 1 is 0.429 bits per heavy atom. The largest absolute Gasteiger partial charge is 0.404 e. The fourth-order valence-corrected chi connectivity index (χ4v) is 6.58. The van der Waals surface area contributed by atoms with E-state index in [0.717, 1.165) is 27.8 Å². The van der Waals surface area contributed by atoms with Crippen molar-refractivity contribution in [2.45, 2.75) is 5.41 Å². The summed E-state index contributed by atoms with van der Waals surface area (Å²) in [5.74, 6) is 0. The van der Waals surface area contributed by atoms with Gasteiger partial charge in [0, 0.05) is 6.20 Å². The van der Waals surface area contributed by atoms with Gasteiger partial charge in [-0.15, -0.1) is 0 Å². The van der Waals surface area contributed by atoms with E-state index in [9.17, 15) is 0 Å². The molecular formula is C41H31N. The smallest absolute Gasteiger partial charge is 0.0713 e. The summed E-state index contributed by atoms with van der Waals surface area (Å²) in [6.45, 7) is 0. The van der Waals surface area contributed by atoms with Gasteiger partial charge >= 0.3 is 0 Å². The molecule has 1 nitrogen and oxygen atoms in total. The maximum Gasteiger partial charge on any atom is 0.0713 e. The summed E-state index contributed by atoms with van der Waals surface area (Å²) in [5, 5.41) is 0. The van der Waals surface area contributed by atoms with Crippen LogP contribution in [-0.4, -0.2) is 0 Å². The van der Waals surface area contributed by atoms with Gasteiger partial charge in [0.2, 0.25) is 0 Å². The summed E-state index contributed by atoms with van der Waals surface area (Å²) in [5.41, 5.74) is 19.0. The molecule has 0 heterocycles. The van der Waals surface area contributed by atoms with Gasteiger partial charge in [0.15, 0.2) is 0 Å². The minimum atomic E-state index is -0.407. The molecule has 0 bridgehead atoms. The number of hydrogen-bond donors (Lipinski definition) is 1. The molecule has 1 aliphatic carbocycles. The van der Waals surface area contributed by atoms with Crippen molar-refractivity contribution < 1.29 is 0 Å². The molecule has 6 aromatic rings. The third kappa shape index (κ3) is 4.19. The van der Waals surface area contributed by atoms with E-state index in [0.29, 0.717) is 0 Å². The van der Waals surface area contributed by atoms with Crippen molar-refractivity contribution in [1.82, 2.24) is 0 Å². The third-order valence-corrected chi connectivity index (χ3v) is 8.46. The Morgan fingerprint density at radius 2 is 0.857 bits per heavy atom. The summed E-state index contributed by atoms with van der Waals surface area (Å²) in [6.07, 6.45) is 3.90. The highest BCUT2D eigenvalue weighted by atomic mass is 14.5. The van der Waals surface area contributed by atoms with Gasteiger partial charge in [-0.25, -0.2) is 0 Å². The van der Waals surface area contributed by atoms with Crippen LogP contribution >= 0.6 is 0 Å². The van der Waals surface area contributed by atoms with Gasteiger partial charge in [-0.2, -0.15) is 0 Å². The third-order valence-electron chi connectivity index (χ3n) is 8.46. The Hall–Kier alpha value is -5.40. The molecule has 1 aliphatic rings. The van der Waals surface area contributed by atoms with Crippen LogP contribution in [0.2, 0.25) is 0 Å². The lowest BCUT2D eigenvalue weighted by molar-refractivity contribution is 0.768. The molecule has 0 saturated carbocycles. The average molecular weight is 538 g/mol. The van der Waals surface area contributed by atoms with E-state index in [2.05, 4.69) is 152 Å². The molecular weight excluding hydrogens is 506 g/mol. The summed E-state index contributed by atoms with van der Waals surface area (Å²) < 4.78 is 0. The molecule has 0 spiro atoms. The molecule has 0 radical (unpaired) electrons. The minimum Gasteiger partial charge on any atom is -0.404 e. The summed E-state index contributed by atoms with van der Waals surface area (Å²) >= 11 is 0. The van der Waals surface area contributed by atoms with Crippen LogP contribution in [0.5, 0.6) is 0 Å². The Labute approximate surface area is 247 Å². The molecule has 2 N–H and O–H groups in total. The highest BCUT2D eigenvalue weighted by Crippen LogP contribution is 2.56. The fourth-order valence-electron chi connectivity index (χ4n) is 6.58. The first-order chi connectivity index (χ1) is 20.8. The number of hydrogen-bond acceptors (Lipinski definition) is 1. The quantitative estimate of drug-likeness (QED) is 0.210. The van der Waals surface area contributed by atoms with Gasteiger partial charge in [0.25, 0.3) is 0 Å². The Bertz CT molecular complexity index is 1850. The standard InChI is InChI=1S/C41H31N/c42-29-33(30-14-4-1-5-15-30)28-38(31-16-6-2-7-17-31)32-24-26-35(27-25-32)41(34-18-8-3-9-19-34)39-22-12-10-20-36(39)37-21-11-13-23-40(37)41/h1-29H,42H2/b33-29+,38-28+. The highest BCUT2D eigenvalue weighted by molar-refractivity contribution is 5.91. The zero-order chi connectivity index (χ0) is 28.4. The Balaban J connectivity index is 1.43. The summed E-state index contributed by atoms with van der Waals surface area (Å²) in [4.78, 5) is 0. The second-order valence-electron chi connectivity index (χ2n) is 10.7. The van der Waals surface area contributed by atoms with Gasteiger partial charge in [0.1, 0.15) is 0 Å². The van der Waals surface area contributed by atoms with Gasteiger partial charge in [0.05, 0.1) is 5.41 Å². The van der Waals surface area contributed by atoms with Crippen molar-refractivity contribution in [2.75, 3.05) is 0 Å². The van der Waals surface area contributed by atoms with Crippen molar-refractivity contribution in [3.63, 3.8) is 0 Å². The van der Waals surface area contributed by atoms with Crippen molar-refractivity contribution >= 4 is 11.1 Å². The zero-order valence-electron chi connectivity index (χ0n) is 23.3.